The van der Waals surface area contributed by atoms with Crippen LogP contribution in [0.2, 0.25) is 0 Å². The van der Waals surface area contributed by atoms with Crippen molar-refractivity contribution in [1.82, 2.24) is 20.8 Å². The van der Waals surface area contributed by atoms with Crippen molar-refractivity contribution >= 4 is 29.9 Å². The van der Waals surface area contributed by atoms with Crippen LogP contribution >= 0.6 is 24.0 Å². The van der Waals surface area contributed by atoms with Gasteiger partial charge in [0, 0.05) is 44.0 Å². The number of ether oxygens (including phenoxy) is 1. The summed E-state index contributed by atoms with van der Waals surface area (Å²) >= 11 is 0. The van der Waals surface area contributed by atoms with Crippen LogP contribution < -0.4 is 10.6 Å². The van der Waals surface area contributed by atoms with Crippen LogP contribution in [0.1, 0.15) is 70.5 Å². The predicted molar refractivity (Wildman–Crippen MR) is 117 cm³/mol. The third kappa shape index (κ3) is 4.93. The van der Waals surface area contributed by atoms with Crippen LogP contribution in [0, 0.1) is 5.41 Å². The minimum Gasteiger partial charge on any atom is -0.378 e. The van der Waals surface area contributed by atoms with E-state index >= 15 is 0 Å². The van der Waals surface area contributed by atoms with E-state index in [0.717, 1.165) is 24.8 Å². The SMILES string of the molecule is CCOC1CC(NC(=NC)NCCc2nc(C(C)C)no2)C12CCCC2.I. The Labute approximate surface area is 179 Å². The van der Waals surface area contributed by atoms with Crippen molar-refractivity contribution in [3.05, 3.63) is 11.7 Å². The Kier molecular flexibility index (Phi) is 8.33. The number of aliphatic imine (C=N–C) groups is 1. The van der Waals surface area contributed by atoms with Crippen LogP contribution in [0.15, 0.2) is 9.52 Å². The van der Waals surface area contributed by atoms with Crippen LogP contribution in [0.5, 0.6) is 0 Å². The monoisotopic (exact) mass is 491 g/mol. The van der Waals surface area contributed by atoms with E-state index in [9.17, 15) is 0 Å². The van der Waals surface area contributed by atoms with E-state index in [1.54, 1.807) is 0 Å². The molecule has 2 fully saturated rings. The fourth-order valence-electron chi connectivity index (χ4n) is 4.34. The summed E-state index contributed by atoms with van der Waals surface area (Å²) < 4.78 is 11.3. The van der Waals surface area contributed by atoms with Crippen LogP contribution in [0.4, 0.5) is 0 Å². The molecule has 1 aromatic rings. The van der Waals surface area contributed by atoms with Gasteiger partial charge in [-0.2, -0.15) is 4.98 Å². The van der Waals surface area contributed by atoms with Crippen LogP contribution in [-0.2, 0) is 11.2 Å². The molecule has 0 bridgehead atoms. The number of hydrogen-bond acceptors (Lipinski definition) is 5. The van der Waals surface area contributed by atoms with E-state index in [1.807, 2.05) is 7.05 Å². The number of rotatable bonds is 7. The molecule has 1 spiro atoms. The number of nitrogens with one attached hydrogen (secondary N) is 2. The molecule has 1 heterocycles. The van der Waals surface area contributed by atoms with Gasteiger partial charge in [-0.3, -0.25) is 4.99 Å². The Hall–Kier alpha value is -0.900. The minimum absolute atomic E-state index is 0. The van der Waals surface area contributed by atoms with E-state index in [4.69, 9.17) is 9.26 Å². The molecular formula is C19H34IN5O2. The maximum Gasteiger partial charge on any atom is 0.228 e. The van der Waals surface area contributed by atoms with Gasteiger partial charge in [-0.15, -0.1) is 24.0 Å². The van der Waals surface area contributed by atoms with E-state index < -0.39 is 0 Å². The van der Waals surface area contributed by atoms with E-state index in [1.165, 1.54) is 25.7 Å². The average Bonchev–Trinajstić information content (AvgIpc) is 3.30. The first-order valence-corrected chi connectivity index (χ1v) is 10.00. The normalized spacial score (nSPS) is 24.0. The lowest BCUT2D eigenvalue weighted by Gasteiger charge is -2.54. The maximum atomic E-state index is 5.99. The molecule has 7 nitrogen and oxygen atoms in total. The Morgan fingerprint density at radius 2 is 2.11 bits per heavy atom. The number of nitrogens with zero attached hydrogens (tertiary/aromatic N) is 3. The van der Waals surface area contributed by atoms with Crippen molar-refractivity contribution in [3.63, 3.8) is 0 Å². The Bertz CT molecular complexity index is 613. The van der Waals surface area contributed by atoms with Gasteiger partial charge >= 0.3 is 0 Å². The van der Waals surface area contributed by atoms with Crippen molar-refractivity contribution in [2.75, 3.05) is 20.2 Å². The topological polar surface area (TPSA) is 84.6 Å². The van der Waals surface area contributed by atoms with Gasteiger partial charge in [-0.25, -0.2) is 0 Å². The zero-order valence-electron chi connectivity index (χ0n) is 17.0. The zero-order valence-corrected chi connectivity index (χ0v) is 19.3. The molecule has 2 saturated carbocycles. The van der Waals surface area contributed by atoms with Gasteiger partial charge in [0.15, 0.2) is 11.8 Å². The Balaban J connectivity index is 0.00000261. The summed E-state index contributed by atoms with van der Waals surface area (Å²) in [6, 6.07) is 0.448. The molecule has 3 rings (SSSR count). The lowest BCUT2D eigenvalue weighted by Crippen LogP contribution is -2.65. The van der Waals surface area contributed by atoms with Gasteiger partial charge in [0.25, 0.3) is 0 Å². The highest BCUT2D eigenvalue weighted by Gasteiger charge is 2.56. The predicted octanol–water partition coefficient (Wildman–Crippen LogP) is 3.26. The van der Waals surface area contributed by atoms with E-state index in [2.05, 4.69) is 46.5 Å². The molecule has 0 aromatic carbocycles. The molecule has 27 heavy (non-hydrogen) atoms. The second-order valence-electron chi connectivity index (χ2n) is 7.77. The van der Waals surface area contributed by atoms with E-state index in [-0.39, 0.29) is 29.9 Å². The summed E-state index contributed by atoms with van der Waals surface area (Å²) in [5.74, 6) is 2.57. The molecule has 2 aliphatic carbocycles. The van der Waals surface area contributed by atoms with Crippen LogP contribution in [0.25, 0.3) is 0 Å². The van der Waals surface area contributed by atoms with Gasteiger partial charge in [-0.05, 0) is 26.2 Å². The van der Waals surface area contributed by atoms with Crippen molar-refractivity contribution < 1.29 is 9.26 Å². The van der Waals surface area contributed by atoms with Crippen molar-refractivity contribution in [1.29, 1.82) is 0 Å². The largest absolute Gasteiger partial charge is 0.378 e. The number of hydrogen-bond donors (Lipinski definition) is 2. The number of guanidine groups is 1. The highest BCUT2D eigenvalue weighted by Crippen LogP contribution is 2.54. The van der Waals surface area contributed by atoms with Crippen molar-refractivity contribution in [2.45, 2.75) is 77.4 Å². The summed E-state index contributed by atoms with van der Waals surface area (Å²) in [6.07, 6.45) is 7.29. The Morgan fingerprint density at radius 1 is 1.37 bits per heavy atom. The first kappa shape index (κ1) is 22.4. The lowest BCUT2D eigenvalue weighted by atomic mass is 9.60. The smallest absolute Gasteiger partial charge is 0.228 e. The van der Waals surface area contributed by atoms with Crippen LogP contribution in [0.3, 0.4) is 0 Å². The molecule has 0 radical (unpaired) electrons. The number of aromatic nitrogens is 2. The molecule has 2 atom stereocenters. The van der Waals surface area contributed by atoms with E-state index in [0.29, 0.717) is 36.4 Å². The highest BCUT2D eigenvalue weighted by atomic mass is 127. The highest BCUT2D eigenvalue weighted by molar-refractivity contribution is 14.0. The second kappa shape index (κ2) is 10.0. The zero-order chi connectivity index (χ0) is 18.6. The lowest BCUT2D eigenvalue weighted by molar-refractivity contribution is -0.125. The maximum absolute atomic E-state index is 5.99. The van der Waals surface area contributed by atoms with Gasteiger partial charge in [0.05, 0.1) is 6.10 Å². The van der Waals surface area contributed by atoms with Crippen LogP contribution in [-0.4, -0.2) is 48.4 Å². The molecule has 2 unspecified atom stereocenters. The molecule has 8 heteroatoms. The molecule has 2 N–H and O–H groups in total. The summed E-state index contributed by atoms with van der Waals surface area (Å²) in [5.41, 5.74) is 0.298. The minimum atomic E-state index is 0. The molecule has 154 valence electrons. The standard InChI is InChI=1S/C19H33N5O2.HI/c1-5-25-15-12-14(19(15)9-6-7-10-19)22-18(20-4)21-11-8-16-23-17(13(2)3)24-26-16;/h13-15H,5-12H2,1-4H3,(H2,20,21,22);1H. The van der Waals surface area contributed by atoms with Gasteiger partial charge in [0.1, 0.15) is 0 Å². The molecule has 0 amide bonds. The summed E-state index contributed by atoms with van der Waals surface area (Å²) in [7, 11) is 1.82. The average molecular weight is 491 g/mol. The molecular weight excluding hydrogens is 457 g/mol. The van der Waals surface area contributed by atoms with Crippen molar-refractivity contribution in [2.24, 2.45) is 10.4 Å². The third-order valence-corrected chi connectivity index (χ3v) is 5.85. The molecule has 1 aromatic heterocycles. The molecule has 0 saturated heterocycles. The quantitative estimate of drug-likeness (QED) is 0.346. The second-order valence-corrected chi connectivity index (χ2v) is 7.77. The first-order chi connectivity index (χ1) is 12.6. The Morgan fingerprint density at radius 3 is 2.70 bits per heavy atom. The third-order valence-electron chi connectivity index (χ3n) is 5.85. The van der Waals surface area contributed by atoms with Crippen molar-refractivity contribution in [3.8, 4) is 0 Å². The molecule has 0 aliphatic heterocycles. The summed E-state index contributed by atoms with van der Waals surface area (Å²) in [5, 5.41) is 11.0. The van der Waals surface area contributed by atoms with Gasteiger partial charge < -0.3 is 19.9 Å². The first-order valence-electron chi connectivity index (χ1n) is 10.00. The van der Waals surface area contributed by atoms with Gasteiger partial charge in [-0.1, -0.05) is 31.8 Å². The fraction of sp³-hybridized carbons (Fsp3) is 0.842. The fourth-order valence-corrected chi connectivity index (χ4v) is 4.34. The number of halogens is 1. The summed E-state index contributed by atoms with van der Waals surface area (Å²) in [6.45, 7) is 7.73. The summed E-state index contributed by atoms with van der Waals surface area (Å²) in [4.78, 5) is 8.80. The molecule has 2 aliphatic rings. The van der Waals surface area contributed by atoms with Gasteiger partial charge in [0.2, 0.25) is 5.89 Å².